The van der Waals surface area contributed by atoms with E-state index in [1.165, 1.54) is 4.88 Å². The van der Waals surface area contributed by atoms with Gasteiger partial charge in [0.05, 0.1) is 0 Å². The molecule has 112 valence electrons. The van der Waals surface area contributed by atoms with Gasteiger partial charge in [0.15, 0.2) is 0 Å². The SMILES string of the molecule is Cc1cnc(CNC2CCN(C(=O)OC(C)(C)C)C2)s1. The maximum atomic E-state index is 11.9. The zero-order chi connectivity index (χ0) is 14.8. The lowest BCUT2D eigenvalue weighted by Gasteiger charge is -2.24. The molecule has 1 aliphatic rings. The fourth-order valence-corrected chi connectivity index (χ4v) is 2.87. The molecule has 2 rings (SSSR count). The summed E-state index contributed by atoms with van der Waals surface area (Å²) in [5.41, 5.74) is -0.430. The van der Waals surface area contributed by atoms with Gasteiger partial charge in [0.1, 0.15) is 10.6 Å². The molecule has 1 fully saturated rings. The van der Waals surface area contributed by atoms with E-state index in [0.717, 1.165) is 24.5 Å². The summed E-state index contributed by atoms with van der Waals surface area (Å²) in [6.45, 7) is 9.96. The van der Waals surface area contributed by atoms with Crippen molar-refractivity contribution in [2.24, 2.45) is 0 Å². The lowest BCUT2D eigenvalue weighted by Crippen LogP contribution is -2.38. The Labute approximate surface area is 124 Å². The summed E-state index contributed by atoms with van der Waals surface area (Å²) < 4.78 is 5.38. The predicted octanol–water partition coefficient (Wildman–Crippen LogP) is 2.55. The molecule has 6 heteroatoms. The van der Waals surface area contributed by atoms with Crippen molar-refractivity contribution in [2.45, 2.75) is 52.3 Å². The zero-order valence-corrected chi connectivity index (χ0v) is 13.4. The maximum absolute atomic E-state index is 11.9. The third kappa shape index (κ3) is 4.45. The third-order valence-corrected chi connectivity index (χ3v) is 3.96. The summed E-state index contributed by atoms with van der Waals surface area (Å²) in [6.07, 6.45) is 2.64. The Balaban J connectivity index is 1.76. The molecule has 1 N–H and O–H groups in total. The topological polar surface area (TPSA) is 54.5 Å². The van der Waals surface area contributed by atoms with E-state index in [1.54, 1.807) is 16.2 Å². The molecule has 1 unspecified atom stereocenters. The number of aromatic nitrogens is 1. The fourth-order valence-electron chi connectivity index (χ4n) is 2.13. The van der Waals surface area contributed by atoms with Gasteiger partial charge in [-0.3, -0.25) is 0 Å². The van der Waals surface area contributed by atoms with Gasteiger partial charge in [-0.1, -0.05) is 0 Å². The van der Waals surface area contributed by atoms with E-state index < -0.39 is 5.60 Å². The van der Waals surface area contributed by atoms with Crippen LogP contribution in [0, 0.1) is 6.92 Å². The van der Waals surface area contributed by atoms with E-state index >= 15 is 0 Å². The minimum absolute atomic E-state index is 0.216. The maximum Gasteiger partial charge on any atom is 0.410 e. The Morgan fingerprint density at radius 3 is 2.95 bits per heavy atom. The minimum atomic E-state index is -0.430. The summed E-state index contributed by atoms with van der Waals surface area (Å²) in [4.78, 5) is 19.3. The molecule has 0 aromatic carbocycles. The number of ether oxygens (including phenoxy) is 1. The van der Waals surface area contributed by atoms with E-state index in [-0.39, 0.29) is 6.09 Å². The van der Waals surface area contributed by atoms with Gasteiger partial charge in [0.25, 0.3) is 0 Å². The monoisotopic (exact) mass is 297 g/mol. The molecule has 0 spiro atoms. The van der Waals surface area contributed by atoms with Crippen LogP contribution in [-0.2, 0) is 11.3 Å². The fraction of sp³-hybridized carbons (Fsp3) is 0.714. The van der Waals surface area contributed by atoms with Gasteiger partial charge in [0.2, 0.25) is 0 Å². The quantitative estimate of drug-likeness (QED) is 0.931. The molecule has 0 radical (unpaired) electrons. The highest BCUT2D eigenvalue weighted by Gasteiger charge is 2.29. The van der Waals surface area contributed by atoms with Crippen LogP contribution >= 0.6 is 11.3 Å². The normalized spacial score (nSPS) is 19.4. The number of aryl methyl sites for hydroxylation is 1. The predicted molar refractivity (Wildman–Crippen MR) is 79.9 cm³/mol. The molecular formula is C14H23N3O2S. The molecular weight excluding hydrogens is 274 g/mol. The lowest BCUT2D eigenvalue weighted by molar-refractivity contribution is 0.0291. The number of nitrogens with one attached hydrogen (secondary N) is 1. The Kier molecular flexibility index (Phi) is 4.65. The molecule has 0 saturated carbocycles. The second-order valence-corrected chi connectivity index (χ2v) is 7.48. The van der Waals surface area contributed by atoms with Crippen LogP contribution in [0.3, 0.4) is 0 Å². The second-order valence-electron chi connectivity index (χ2n) is 6.16. The van der Waals surface area contributed by atoms with Crippen LogP contribution in [0.5, 0.6) is 0 Å². The highest BCUT2D eigenvalue weighted by atomic mass is 32.1. The Hall–Kier alpha value is -1.14. The van der Waals surface area contributed by atoms with Crippen LogP contribution < -0.4 is 5.32 Å². The van der Waals surface area contributed by atoms with Gasteiger partial charge in [-0.15, -0.1) is 11.3 Å². The molecule has 5 nitrogen and oxygen atoms in total. The number of carbonyl (C=O) groups is 1. The number of nitrogens with zero attached hydrogens (tertiary/aromatic N) is 2. The first-order valence-corrected chi connectivity index (χ1v) is 7.78. The highest BCUT2D eigenvalue weighted by molar-refractivity contribution is 7.11. The molecule has 1 atom stereocenters. The number of carbonyl (C=O) groups excluding carboxylic acids is 1. The van der Waals surface area contributed by atoms with Crippen molar-refractivity contribution >= 4 is 17.4 Å². The van der Waals surface area contributed by atoms with Crippen molar-refractivity contribution in [3.05, 3.63) is 16.1 Å². The van der Waals surface area contributed by atoms with Crippen molar-refractivity contribution in [2.75, 3.05) is 13.1 Å². The average Bonchev–Trinajstić information content (AvgIpc) is 2.93. The van der Waals surface area contributed by atoms with Crippen LogP contribution in [0.15, 0.2) is 6.20 Å². The van der Waals surface area contributed by atoms with Crippen molar-refractivity contribution in [1.82, 2.24) is 15.2 Å². The molecule has 20 heavy (non-hydrogen) atoms. The van der Waals surface area contributed by atoms with Crippen LogP contribution in [0.25, 0.3) is 0 Å². The van der Waals surface area contributed by atoms with Gasteiger partial charge >= 0.3 is 6.09 Å². The largest absolute Gasteiger partial charge is 0.444 e. The number of amides is 1. The van der Waals surface area contributed by atoms with Gasteiger partial charge in [-0.25, -0.2) is 9.78 Å². The van der Waals surface area contributed by atoms with Gasteiger partial charge in [-0.05, 0) is 34.1 Å². The van der Waals surface area contributed by atoms with Crippen molar-refractivity contribution in [3.8, 4) is 0 Å². The van der Waals surface area contributed by atoms with E-state index in [1.807, 2.05) is 27.0 Å². The minimum Gasteiger partial charge on any atom is -0.444 e. The number of hydrogen-bond donors (Lipinski definition) is 1. The second kappa shape index (κ2) is 6.10. The van der Waals surface area contributed by atoms with Crippen molar-refractivity contribution in [1.29, 1.82) is 0 Å². The summed E-state index contributed by atoms with van der Waals surface area (Å²) in [6, 6.07) is 0.326. The molecule has 1 amide bonds. The Bertz CT molecular complexity index is 467. The zero-order valence-electron chi connectivity index (χ0n) is 12.6. The highest BCUT2D eigenvalue weighted by Crippen LogP contribution is 2.16. The third-order valence-electron chi connectivity index (χ3n) is 3.05. The van der Waals surface area contributed by atoms with E-state index in [2.05, 4.69) is 17.2 Å². The van der Waals surface area contributed by atoms with Gasteiger partial charge in [0, 0.05) is 36.8 Å². The van der Waals surface area contributed by atoms with Crippen molar-refractivity contribution < 1.29 is 9.53 Å². The van der Waals surface area contributed by atoms with Gasteiger partial charge in [-0.2, -0.15) is 0 Å². The standard InChI is InChI=1S/C14H23N3O2S/c1-10-7-16-12(20-10)8-15-11-5-6-17(9-11)13(18)19-14(2,3)4/h7,11,15H,5-6,8-9H2,1-4H3. The first-order valence-electron chi connectivity index (χ1n) is 6.96. The number of likely N-dealkylation sites (tertiary alicyclic amines) is 1. The molecule has 0 bridgehead atoms. The Morgan fingerprint density at radius 1 is 1.60 bits per heavy atom. The average molecular weight is 297 g/mol. The number of hydrogen-bond acceptors (Lipinski definition) is 5. The van der Waals surface area contributed by atoms with Gasteiger partial charge < -0.3 is 15.0 Å². The van der Waals surface area contributed by atoms with E-state index in [4.69, 9.17) is 4.74 Å². The lowest BCUT2D eigenvalue weighted by atomic mass is 10.2. The van der Waals surface area contributed by atoms with Crippen LogP contribution in [-0.4, -0.2) is 40.7 Å². The molecule has 1 aromatic rings. The van der Waals surface area contributed by atoms with Crippen LogP contribution in [0.4, 0.5) is 4.79 Å². The van der Waals surface area contributed by atoms with Crippen molar-refractivity contribution in [3.63, 3.8) is 0 Å². The molecule has 1 saturated heterocycles. The van der Waals surface area contributed by atoms with E-state index in [0.29, 0.717) is 12.6 Å². The first kappa shape index (κ1) is 15.3. The van der Waals surface area contributed by atoms with Crippen LogP contribution in [0.2, 0.25) is 0 Å². The summed E-state index contributed by atoms with van der Waals surface area (Å²) in [5, 5.41) is 4.55. The molecule has 1 aromatic heterocycles. The van der Waals surface area contributed by atoms with Crippen LogP contribution in [0.1, 0.15) is 37.1 Å². The summed E-state index contributed by atoms with van der Waals surface area (Å²) >= 11 is 1.71. The Morgan fingerprint density at radius 2 is 2.35 bits per heavy atom. The summed E-state index contributed by atoms with van der Waals surface area (Å²) in [5.74, 6) is 0. The summed E-state index contributed by atoms with van der Waals surface area (Å²) in [7, 11) is 0. The van der Waals surface area contributed by atoms with E-state index in [9.17, 15) is 4.79 Å². The first-order chi connectivity index (χ1) is 9.33. The molecule has 1 aliphatic heterocycles. The number of rotatable bonds is 3. The number of thiazole rings is 1. The smallest absolute Gasteiger partial charge is 0.410 e. The molecule has 2 heterocycles. The molecule has 0 aliphatic carbocycles.